The minimum atomic E-state index is -3.76. The van der Waals surface area contributed by atoms with Gasteiger partial charge < -0.3 is 9.64 Å². The number of anilines is 1. The monoisotopic (exact) mass is 411 g/mol. The molecule has 0 amide bonds. The second-order valence-corrected chi connectivity index (χ2v) is 9.92. The number of nitro benzene ring substituents is 1. The van der Waals surface area contributed by atoms with Gasteiger partial charge in [-0.15, -0.1) is 0 Å². The highest BCUT2D eigenvalue weighted by Crippen LogP contribution is 2.35. The van der Waals surface area contributed by atoms with Crippen LogP contribution in [0.25, 0.3) is 0 Å². The standard InChI is InChI=1S/C19H29N3O5S/c1-15(2)13-16-5-7-20(8-6-16)18-4-3-17(14-19(18)22(23)24)28(25,26)21-9-11-27-12-10-21/h3-4,14-16H,5-13H2,1-2H3. The molecule has 0 atom stereocenters. The van der Waals surface area contributed by atoms with E-state index in [0.717, 1.165) is 25.9 Å². The lowest BCUT2D eigenvalue weighted by molar-refractivity contribution is -0.384. The molecule has 8 nitrogen and oxygen atoms in total. The van der Waals surface area contributed by atoms with Crippen LogP contribution in [0, 0.1) is 22.0 Å². The third-order valence-corrected chi connectivity index (χ3v) is 7.41. The number of sulfonamides is 1. The van der Waals surface area contributed by atoms with E-state index in [1.54, 1.807) is 6.07 Å². The average Bonchev–Trinajstić information content (AvgIpc) is 2.68. The van der Waals surface area contributed by atoms with Gasteiger partial charge in [0.1, 0.15) is 5.69 Å². The molecular formula is C19H29N3O5S. The number of benzene rings is 1. The Morgan fingerprint density at radius 2 is 1.82 bits per heavy atom. The van der Waals surface area contributed by atoms with Gasteiger partial charge in [-0.05, 0) is 43.2 Å². The van der Waals surface area contributed by atoms with Gasteiger partial charge in [-0.3, -0.25) is 10.1 Å². The highest BCUT2D eigenvalue weighted by Gasteiger charge is 2.31. The van der Waals surface area contributed by atoms with Gasteiger partial charge in [-0.25, -0.2) is 8.42 Å². The fourth-order valence-corrected chi connectivity index (χ4v) is 5.52. The van der Waals surface area contributed by atoms with Crippen LogP contribution in [0.3, 0.4) is 0 Å². The number of hydrogen-bond acceptors (Lipinski definition) is 6. The lowest BCUT2D eigenvalue weighted by Gasteiger charge is -2.34. The van der Waals surface area contributed by atoms with Crippen molar-refractivity contribution in [2.75, 3.05) is 44.3 Å². The Hall–Kier alpha value is -1.71. The Balaban J connectivity index is 1.81. The van der Waals surface area contributed by atoms with Gasteiger partial charge in [0.05, 0.1) is 23.0 Å². The summed E-state index contributed by atoms with van der Waals surface area (Å²) >= 11 is 0. The van der Waals surface area contributed by atoms with E-state index in [1.807, 2.05) is 4.90 Å². The van der Waals surface area contributed by atoms with Crippen molar-refractivity contribution < 1.29 is 18.1 Å². The fraction of sp³-hybridized carbons (Fsp3) is 0.684. The zero-order valence-electron chi connectivity index (χ0n) is 16.5. The van der Waals surface area contributed by atoms with Crippen molar-refractivity contribution >= 4 is 21.4 Å². The molecule has 2 aliphatic rings. The summed E-state index contributed by atoms with van der Waals surface area (Å²) in [5.41, 5.74) is 0.366. The Morgan fingerprint density at radius 1 is 1.18 bits per heavy atom. The van der Waals surface area contributed by atoms with Gasteiger partial charge in [0.15, 0.2) is 0 Å². The number of nitro groups is 1. The molecule has 9 heteroatoms. The van der Waals surface area contributed by atoms with Crippen LogP contribution < -0.4 is 4.90 Å². The van der Waals surface area contributed by atoms with E-state index >= 15 is 0 Å². The van der Waals surface area contributed by atoms with Crippen LogP contribution in [0.1, 0.15) is 33.1 Å². The van der Waals surface area contributed by atoms with E-state index in [0.29, 0.717) is 30.7 Å². The van der Waals surface area contributed by atoms with E-state index in [4.69, 9.17) is 4.74 Å². The van der Waals surface area contributed by atoms with Crippen molar-refractivity contribution in [3.05, 3.63) is 28.3 Å². The smallest absolute Gasteiger partial charge is 0.293 e. The first kappa shape index (κ1) is 21.0. The first-order valence-corrected chi connectivity index (χ1v) is 11.3. The molecule has 0 N–H and O–H groups in total. The molecule has 0 bridgehead atoms. The van der Waals surface area contributed by atoms with Gasteiger partial charge in [0, 0.05) is 32.2 Å². The van der Waals surface area contributed by atoms with Crippen LogP contribution in [0.15, 0.2) is 23.1 Å². The van der Waals surface area contributed by atoms with Crippen LogP contribution in [0.5, 0.6) is 0 Å². The Kier molecular flexibility index (Phi) is 6.57. The number of ether oxygens (including phenoxy) is 1. The highest BCUT2D eigenvalue weighted by atomic mass is 32.2. The lowest BCUT2D eigenvalue weighted by Crippen LogP contribution is -2.40. The normalized spacial score (nSPS) is 19.9. The molecular weight excluding hydrogens is 382 g/mol. The first-order valence-electron chi connectivity index (χ1n) is 9.90. The number of morpholine rings is 1. The van der Waals surface area contributed by atoms with Crippen LogP contribution in [0.2, 0.25) is 0 Å². The van der Waals surface area contributed by atoms with Crippen molar-refractivity contribution in [2.45, 2.75) is 38.0 Å². The van der Waals surface area contributed by atoms with Crippen LogP contribution in [0.4, 0.5) is 11.4 Å². The molecule has 1 aromatic rings. The fourth-order valence-electron chi connectivity index (χ4n) is 4.09. The van der Waals surface area contributed by atoms with Gasteiger partial charge >= 0.3 is 0 Å². The lowest BCUT2D eigenvalue weighted by atomic mass is 9.88. The molecule has 2 heterocycles. The van der Waals surface area contributed by atoms with E-state index in [-0.39, 0.29) is 23.7 Å². The van der Waals surface area contributed by atoms with E-state index in [9.17, 15) is 18.5 Å². The molecule has 0 radical (unpaired) electrons. The molecule has 28 heavy (non-hydrogen) atoms. The first-order chi connectivity index (χ1) is 13.3. The van der Waals surface area contributed by atoms with E-state index in [1.165, 1.54) is 22.9 Å². The van der Waals surface area contributed by atoms with Gasteiger partial charge in [0.2, 0.25) is 10.0 Å². The predicted octanol–water partition coefficient (Wildman–Crippen LogP) is 2.88. The molecule has 3 rings (SSSR count). The molecule has 2 fully saturated rings. The SMILES string of the molecule is CC(C)CC1CCN(c2ccc(S(=O)(=O)N3CCOCC3)cc2[N+](=O)[O-])CC1. The minimum absolute atomic E-state index is 0.0282. The molecule has 0 spiro atoms. The van der Waals surface area contributed by atoms with Crippen molar-refractivity contribution in [1.82, 2.24) is 4.31 Å². The van der Waals surface area contributed by atoms with Gasteiger partial charge in [-0.1, -0.05) is 13.8 Å². The largest absolute Gasteiger partial charge is 0.379 e. The third-order valence-electron chi connectivity index (χ3n) is 5.51. The molecule has 0 unspecified atom stereocenters. The second kappa shape index (κ2) is 8.75. The number of hydrogen-bond donors (Lipinski definition) is 0. The summed E-state index contributed by atoms with van der Waals surface area (Å²) in [6.45, 7) is 7.15. The van der Waals surface area contributed by atoms with E-state index < -0.39 is 14.9 Å². The van der Waals surface area contributed by atoms with Crippen molar-refractivity contribution in [3.63, 3.8) is 0 Å². The maximum Gasteiger partial charge on any atom is 0.293 e. The van der Waals surface area contributed by atoms with Crippen molar-refractivity contribution in [1.29, 1.82) is 0 Å². The molecule has 2 aliphatic heterocycles. The van der Waals surface area contributed by atoms with E-state index in [2.05, 4.69) is 13.8 Å². The number of piperidine rings is 1. The van der Waals surface area contributed by atoms with Crippen LogP contribution in [-0.2, 0) is 14.8 Å². The van der Waals surface area contributed by atoms with Crippen LogP contribution >= 0.6 is 0 Å². The van der Waals surface area contributed by atoms with Crippen molar-refractivity contribution in [3.8, 4) is 0 Å². The Bertz CT molecular complexity index is 798. The van der Waals surface area contributed by atoms with Gasteiger partial charge in [-0.2, -0.15) is 4.31 Å². The average molecular weight is 412 g/mol. The molecule has 1 aromatic carbocycles. The maximum atomic E-state index is 12.8. The van der Waals surface area contributed by atoms with Crippen LogP contribution in [-0.4, -0.2) is 57.0 Å². The predicted molar refractivity (Wildman–Crippen MR) is 107 cm³/mol. The summed E-state index contributed by atoms with van der Waals surface area (Å²) in [6, 6.07) is 4.29. The number of rotatable bonds is 6. The highest BCUT2D eigenvalue weighted by molar-refractivity contribution is 7.89. The topological polar surface area (TPSA) is 93.0 Å². The summed E-state index contributed by atoms with van der Waals surface area (Å²) in [5, 5.41) is 11.7. The summed E-state index contributed by atoms with van der Waals surface area (Å²) in [4.78, 5) is 13.2. The Morgan fingerprint density at radius 3 is 2.39 bits per heavy atom. The summed E-state index contributed by atoms with van der Waals surface area (Å²) in [7, 11) is -3.76. The molecule has 0 saturated carbocycles. The molecule has 0 aromatic heterocycles. The summed E-state index contributed by atoms with van der Waals surface area (Å²) in [5.74, 6) is 1.30. The Labute approximate surface area is 166 Å². The van der Waals surface area contributed by atoms with Crippen molar-refractivity contribution in [2.24, 2.45) is 11.8 Å². The zero-order chi connectivity index (χ0) is 20.3. The van der Waals surface area contributed by atoms with Gasteiger partial charge in [0.25, 0.3) is 5.69 Å². The molecule has 2 saturated heterocycles. The maximum absolute atomic E-state index is 12.8. The summed E-state index contributed by atoms with van der Waals surface area (Å²) < 4.78 is 32.2. The minimum Gasteiger partial charge on any atom is -0.379 e. The second-order valence-electron chi connectivity index (χ2n) is 7.98. The zero-order valence-corrected chi connectivity index (χ0v) is 17.4. The molecule has 0 aliphatic carbocycles. The quantitative estimate of drug-likeness (QED) is 0.528. The summed E-state index contributed by atoms with van der Waals surface area (Å²) in [6.07, 6.45) is 3.18. The number of nitrogens with zero attached hydrogens (tertiary/aromatic N) is 3. The third kappa shape index (κ3) is 4.64. The molecule has 156 valence electrons.